The van der Waals surface area contributed by atoms with Gasteiger partial charge in [-0.1, -0.05) is 0 Å². The topological polar surface area (TPSA) is 75.4 Å². The van der Waals surface area contributed by atoms with E-state index in [1.807, 2.05) is 11.6 Å². The molecule has 122 valence electrons. The molecule has 0 unspecified atom stereocenters. The van der Waals surface area contributed by atoms with Gasteiger partial charge in [0.15, 0.2) is 0 Å². The summed E-state index contributed by atoms with van der Waals surface area (Å²) in [4.78, 5) is 23.7. The van der Waals surface area contributed by atoms with E-state index < -0.39 is 0 Å². The molecule has 0 amide bonds. The van der Waals surface area contributed by atoms with E-state index in [2.05, 4.69) is 25.1 Å². The number of rotatable bonds is 4. The minimum absolute atomic E-state index is 0.0775. The van der Waals surface area contributed by atoms with Gasteiger partial charge in [0.2, 0.25) is 0 Å². The zero-order chi connectivity index (χ0) is 16.2. The zero-order valence-electron chi connectivity index (χ0n) is 13.0. The summed E-state index contributed by atoms with van der Waals surface area (Å²) in [5.74, 6) is 0.823. The van der Waals surface area contributed by atoms with E-state index in [9.17, 15) is 10.1 Å². The summed E-state index contributed by atoms with van der Waals surface area (Å²) in [6.07, 6.45) is 2.41. The molecule has 0 radical (unpaired) electrons. The van der Waals surface area contributed by atoms with Gasteiger partial charge < -0.3 is 4.90 Å². The lowest BCUT2D eigenvalue weighted by molar-refractivity contribution is -0.385. The molecule has 0 aromatic carbocycles. The Labute approximate surface area is 138 Å². The smallest absolute Gasteiger partial charge is 0.290 e. The first-order valence-corrected chi connectivity index (χ1v) is 8.53. The molecule has 1 saturated heterocycles. The molecule has 0 aliphatic carbocycles. The molecule has 1 fully saturated rings. The number of pyridine rings is 1. The van der Waals surface area contributed by atoms with Crippen molar-refractivity contribution in [2.24, 2.45) is 0 Å². The minimum Gasteiger partial charge on any atom is -0.355 e. The third-order valence-electron chi connectivity index (χ3n) is 4.05. The van der Waals surface area contributed by atoms with Crippen molar-refractivity contribution in [2.75, 3.05) is 31.1 Å². The van der Waals surface area contributed by atoms with E-state index in [0.29, 0.717) is 5.56 Å². The Hall–Kier alpha value is -2.06. The standard InChI is InChI=1S/C15H19N5O2S/c1-12-7-15(16-8-14(12)20(21)22)19-4-2-3-18(5-6-19)9-13-10-23-11-17-13/h7-8,10-11H,2-6,9H2,1H3. The number of hydrogen-bond donors (Lipinski definition) is 0. The van der Waals surface area contributed by atoms with Gasteiger partial charge in [-0.3, -0.25) is 15.0 Å². The molecular formula is C15H19N5O2S. The van der Waals surface area contributed by atoms with Crippen LogP contribution in [0.25, 0.3) is 0 Å². The third kappa shape index (κ3) is 3.83. The maximum atomic E-state index is 10.9. The minimum atomic E-state index is -0.385. The van der Waals surface area contributed by atoms with Crippen molar-refractivity contribution in [3.05, 3.63) is 44.5 Å². The maximum absolute atomic E-state index is 10.9. The van der Waals surface area contributed by atoms with Crippen molar-refractivity contribution in [3.8, 4) is 0 Å². The predicted octanol–water partition coefficient (Wildman–Crippen LogP) is 2.47. The molecule has 3 heterocycles. The van der Waals surface area contributed by atoms with Crippen LogP contribution in [0, 0.1) is 17.0 Å². The van der Waals surface area contributed by atoms with Gasteiger partial charge in [-0.25, -0.2) is 9.97 Å². The van der Waals surface area contributed by atoms with Crippen molar-refractivity contribution in [2.45, 2.75) is 19.9 Å². The van der Waals surface area contributed by atoms with Gasteiger partial charge in [-0.05, 0) is 19.4 Å². The van der Waals surface area contributed by atoms with Crippen LogP contribution >= 0.6 is 11.3 Å². The second-order valence-electron chi connectivity index (χ2n) is 5.68. The van der Waals surface area contributed by atoms with E-state index in [4.69, 9.17) is 0 Å². The fourth-order valence-electron chi connectivity index (χ4n) is 2.80. The Morgan fingerprint density at radius 1 is 1.30 bits per heavy atom. The second-order valence-corrected chi connectivity index (χ2v) is 6.40. The van der Waals surface area contributed by atoms with E-state index in [1.165, 1.54) is 6.20 Å². The Morgan fingerprint density at radius 3 is 2.87 bits per heavy atom. The summed E-state index contributed by atoms with van der Waals surface area (Å²) in [5.41, 5.74) is 3.72. The molecule has 0 bridgehead atoms. The van der Waals surface area contributed by atoms with Crippen LogP contribution in [0.1, 0.15) is 17.7 Å². The van der Waals surface area contributed by atoms with Crippen LogP contribution in [-0.4, -0.2) is 46.0 Å². The Morgan fingerprint density at radius 2 is 2.17 bits per heavy atom. The van der Waals surface area contributed by atoms with Crippen LogP contribution in [0.5, 0.6) is 0 Å². The Kier molecular flexibility index (Phi) is 4.82. The molecule has 7 nitrogen and oxygen atoms in total. The van der Waals surface area contributed by atoms with Crippen LogP contribution in [-0.2, 0) is 6.54 Å². The molecule has 2 aromatic rings. The number of aromatic nitrogens is 2. The molecule has 23 heavy (non-hydrogen) atoms. The molecule has 3 rings (SSSR count). The van der Waals surface area contributed by atoms with Crippen LogP contribution in [0.4, 0.5) is 11.5 Å². The summed E-state index contributed by atoms with van der Waals surface area (Å²) < 4.78 is 0. The molecule has 0 spiro atoms. The van der Waals surface area contributed by atoms with Crippen molar-refractivity contribution < 1.29 is 4.92 Å². The largest absolute Gasteiger partial charge is 0.355 e. The Bertz CT molecular complexity index is 677. The SMILES string of the molecule is Cc1cc(N2CCCN(Cc3cscn3)CC2)ncc1[N+](=O)[O-]. The van der Waals surface area contributed by atoms with Crippen molar-refractivity contribution >= 4 is 22.8 Å². The van der Waals surface area contributed by atoms with E-state index in [1.54, 1.807) is 18.3 Å². The first-order chi connectivity index (χ1) is 11.1. The molecular weight excluding hydrogens is 314 g/mol. The van der Waals surface area contributed by atoms with Gasteiger partial charge in [-0.2, -0.15) is 0 Å². The van der Waals surface area contributed by atoms with Crippen LogP contribution in [0.15, 0.2) is 23.2 Å². The van der Waals surface area contributed by atoms with Gasteiger partial charge in [0.1, 0.15) is 12.0 Å². The summed E-state index contributed by atoms with van der Waals surface area (Å²) in [5, 5.41) is 13.0. The molecule has 1 aliphatic rings. The molecule has 1 aliphatic heterocycles. The summed E-state index contributed by atoms with van der Waals surface area (Å²) in [6, 6.07) is 1.81. The van der Waals surface area contributed by atoms with Crippen LogP contribution in [0.2, 0.25) is 0 Å². The first kappa shape index (κ1) is 15.8. The number of thiazole rings is 1. The molecule has 0 N–H and O–H groups in total. The second kappa shape index (κ2) is 7.01. The quantitative estimate of drug-likeness (QED) is 0.632. The highest BCUT2D eigenvalue weighted by atomic mass is 32.1. The van der Waals surface area contributed by atoms with E-state index >= 15 is 0 Å². The number of anilines is 1. The monoisotopic (exact) mass is 333 g/mol. The lowest BCUT2D eigenvalue weighted by Crippen LogP contribution is -2.31. The fourth-order valence-corrected chi connectivity index (χ4v) is 3.35. The molecule has 8 heteroatoms. The van der Waals surface area contributed by atoms with Crippen LogP contribution < -0.4 is 4.90 Å². The molecule has 2 aromatic heterocycles. The van der Waals surface area contributed by atoms with Crippen LogP contribution in [0.3, 0.4) is 0 Å². The maximum Gasteiger partial charge on any atom is 0.290 e. The van der Waals surface area contributed by atoms with Crippen molar-refractivity contribution in [1.29, 1.82) is 0 Å². The highest BCUT2D eigenvalue weighted by Gasteiger charge is 2.19. The number of aryl methyl sites for hydroxylation is 1. The lowest BCUT2D eigenvalue weighted by atomic mass is 10.2. The van der Waals surface area contributed by atoms with Crippen molar-refractivity contribution in [3.63, 3.8) is 0 Å². The number of nitrogens with zero attached hydrogens (tertiary/aromatic N) is 5. The van der Waals surface area contributed by atoms with Gasteiger partial charge in [0, 0.05) is 43.7 Å². The van der Waals surface area contributed by atoms with Crippen molar-refractivity contribution in [1.82, 2.24) is 14.9 Å². The Balaban J connectivity index is 1.65. The van der Waals surface area contributed by atoms with E-state index in [0.717, 1.165) is 50.7 Å². The number of nitro groups is 1. The van der Waals surface area contributed by atoms with E-state index in [-0.39, 0.29) is 10.6 Å². The zero-order valence-corrected chi connectivity index (χ0v) is 13.8. The first-order valence-electron chi connectivity index (χ1n) is 7.59. The molecule has 0 saturated carbocycles. The number of hydrogen-bond acceptors (Lipinski definition) is 7. The third-order valence-corrected chi connectivity index (χ3v) is 4.68. The lowest BCUT2D eigenvalue weighted by Gasteiger charge is -2.22. The fraction of sp³-hybridized carbons (Fsp3) is 0.467. The highest BCUT2D eigenvalue weighted by molar-refractivity contribution is 7.07. The average Bonchev–Trinajstić information content (AvgIpc) is 2.91. The normalized spacial score (nSPS) is 16.3. The van der Waals surface area contributed by atoms with Gasteiger partial charge in [-0.15, -0.1) is 11.3 Å². The predicted molar refractivity (Wildman–Crippen MR) is 89.8 cm³/mol. The van der Waals surface area contributed by atoms with Gasteiger partial charge in [0.05, 0.1) is 16.1 Å². The summed E-state index contributed by atoms with van der Waals surface area (Å²) in [7, 11) is 0. The van der Waals surface area contributed by atoms with Gasteiger partial charge >= 0.3 is 0 Å². The highest BCUT2D eigenvalue weighted by Crippen LogP contribution is 2.22. The summed E-state index contributed by atoms with van der Waals surface area (Å²) >= 11 is 1.62. The molecule has 0 atom stereocenters. The average molecular weight is 333 g/mol. The summed E-state index contributed by atoms with van der Waals surface area (Å²) in [6.45, 7) is 6.39. The van der Waals surface area contributed by atoms with Gasteiger partial charge in [0.25, 0.3) is 5.69 Å².